The Balaban J connectivity index is 2.05. The molecular weight excluding hydrogens is 268 g/mol. The highest BCUT2D eigenvalue weighted by atomic mass is 16.4. The Hall–Kier alpha value is -2.14. The van der Waals surface area contributed by atoms with E-state index < -0.39 is 5.97 Å². The van der Waals surface area contributed by atoms with Gasteiger partial charge in [0, 0.05) is 5.39 Å². The van der Waals surface area contributed by atoms with Crippen molar-refractivity contribution in [1.29, 1.82) is 0 Å². The predicted octanol–water partition coefficient (Wildman–Crippen LogP) is 2.65. The number of hydrogen-bond donors (Lipinski definition) is 3. The number of carboxylic acids is 1. The van der Waals surface area contributed by atoms with Crippen LogP contribution in [-0.2, 0) is 0 Å². The topological polar surface area (TPSA) is 82.5 Å². The minimum absolute atomic E-state index is 0.0317. The van der Waals surface area contributed by atoms with Gasteiger partial charge >= 0.3 is 5.97 Å². The highest BCUT2D eigenvalue weighted by Gasteiger charge is 2.33. The summed E-state index contributed by atoms with van der Waals surface area (Å²) in [6, 6.07) is 8.75. The Morgan fingerprint density at radius 3 is 2.67 bits per heavy atom. The summed E-state index contributed by atoms with van der Waals surface area (Å²) in [7, 11) is 0. The van der Waals surface area contributed by atoms with Crippen molar-refractivity contribution in [3.05, 3.63) is 35.9 Å². The molecule has 5 heteroatoms. The average Bonchev–Trinajstić information content (AvgIpc) is 2.95. The van der Waals surface area contributed by atoms with E-state index in [0.717, 1.165) is 25.7 Å². The van der Waals surface area contributed by atoms with E-state index >= 15 is 0 Å². The van der Waals surface area contributed by atoms with Gasteiger partial charge in [0.15, 0.2) is 0 Å². The summed E-state index contributed by atoms with van der Waals surface area (Å²) in [5, 5.41) is 22.9. The number of rotatable bonds is 4. The molecule has 1 aliphatic rings. The minimum Gasteiger partial charge on any atom is -0.478 e. The molecule has 0 atom stereocenters. The molecule has 0 spiro atoms. The lowest BCUT2D eigenvalue weighted by molar-refractivity contribution is 0.0699. The first-order chi connectivity index (χ1) is 10.1. The van der Waals surface area contributed by atoms with Crippen molar-refractivity contribution in [2.75, 3.05) is 11.9 Å². The second kappa shape index (κ2) is 5.33. The number of aromatic carboxylic acids is 1. The number of aliphatic hydroxyl groups excluding tert-OH is 1. The van der Waals surface area contributed by atoms with E-state index in [1.54, 1.807) is 24.3 Å². The molecule has 0 bridgehead atoms. The van der Waals surface area contributed by atoms with Crippen LogP contribution in [0.25, 0.3) is 10.9 Å². The number of carbonyl (C=O) groups is 1. The van der Waals surface area contributed by atoms with E-state index in [-0.39, 0.29) is 17.7 Å². The van der Waals surface area contributed by atoms with Crippen molar-refractivity contribution < 1.29 is 15.0 Å². The molecule has 1 saturated carbocycles. The van der Waals surface area contributed by atoms with Crippen LogP contribution in [0.3, 0.4) is 0 Å². The number of para-hydroxylation sites is 1. The van der Waals surface area contributed by atoms with Gasteiger partial charge in [-0.05, 0) is 25.0 Å². The van der Waals surface area contributed by atoms with Crippen LogP contribution < -0.4 is 5.32 Å². The zero-order valence-corrected chi connectivity index (χ0v) is 11.7. The fraction of sp³-hybridized carbons (Fsp3) is 0.375. The van der Waals surface area contributed by atoms with Crippen LogP contribution in [0, 0.1) is 0 Å². The first-order valence-corrected chi connectivity index (χ1v) is 7.16. The van der Waals surface area contributed by atoms with E-state index in [2.05, 4.69) is 10.3 Å². The summed E-state index contributed by atoms with van der Waals surface area (Å²) in [4.78, 5) is 15.9. The number of nitrogens with zero attached hydrogens (tertiary/aromatic N) is 1. The standard InChI is InChI=1S/C16H18N2O3/c19-10-16(7-3-4-8-16)18-14-9-12(15(20)21)11-5-1-2-6-13(11)17-14/h1-2,5-6,9,19H,3-4,7-8,10H2,(H,17,18)(H,20,21). The van der Waals surface area contributed by atoms with E-state index in [4.69, 9.17) is 0 Å². The van der Waals surface area contributed by atoms with E-state index in [0.29, 0.717) is 16.7 Å². The van der Waals surface area contributed by atoms with Crippen molar-refractivity contribution in [3.63, 3.8) is 0 Å². The van der Waals surface area contributed by atoms with Gasteiger partial charge in [-0.15, -0.1) is 0 Å². The molecule has 0 radical (unpaired) electrons. The highest BCUT2D eigenvalue weighted by Crippen LogP contribution is 2.33. The molecule has 5 nitrogen and oxygen atoms in total. The van der Waals surface area contributed by atoms with Gasteiger partial charge in [-0.25, -0.2) is 9.78 Å². The zero-order chi connectivity index (χ0) is 14.9. The number of anilines is 1. The second-order valence-corrected chi connectivity index (χ2v) is 5.65. The molecule has 21 heavy (non-hydrogen) atoms. The van der Waals surface area contributed by atoms with E-state index in [1.165, 1.54) is 0 Å². The van der Waals surface area contributed by atoms with Crippen LogP contribution in [0.1, 0.15) is 36.0 Å². The Morgan fingerprint density at radius 2 is 2.00 bits per heavy atom. The number of aliphatic hydroxyl groups is 1. The summed E-state index contributed by atoms with van der Waals surface area (Å²) in [6.07, 6.45) is 3.88. The lowest BCUT2D eigenvalue weighted by Gasteiger charge is -2.28. The van der Waals surface area contributed by atoms with Crippen LogP contribution in [-0.4, -0.2) is 33.3 Å². The van der Waals surface area contributed by atoms with Crippen LogP contribution in [0.2, 0.25) is 0 Å². The molecule has 0 saturated heterocycles. The van der Waals surface area contributed by atoms with Gasteiger partial charge in [-0.2, -0.15) is 0 Å². The quantitative estimate of drug-likeness (QED) is 0.805. The summed E-state index contributed by atoms with van der Waals surface area (Å²) in [6.45, 7) is 0.0317. The van der Waals surface area contributed by atoms with Gasteiger partial charge in [0.25, 0.3) is 0 Å². The molecule has 1 heterocycles. The largest absolute Gasteiger partial charge is 0.478 e. The second-order valence-electron chi connectivity index (χ2n) is 5.65. The Kier molecular flexibility index (Phi) is 3.51. The third kappa shape index (κ3) is 2.56. The first kappa shape index (κ1) is 13.8. The highest BCUT2D eigenvalue weighted by molar-refractivity contribution is 6.03. The van der Waals surface area contributed by atoms with Gasteiger partial charge in [0.2, 0.25) is 0 Å². The first-order valence-electron chi connectivity index (χ1n) is 7.16. The van der Waals surface area contributed by atoms with Crippen molar-refractivity contribution >= 4 is 22.7 Å². The van der Waals surface area contributed by atoms with Gasteiger partial charge < -0.3 is 15.5 Å². The molecule has 110 valence electrons. The molecule has 1 fully saturated rings. The van der Waals surface area contributed by atoms with E-state index in [9.17, 15) is 15.0 Å². The van der Waals surface area contributed by atoms with Crippen molar-refractivity contribution in [3.8, 4) is 0 Å². The van der Waals surface area contributed by atoms with E-state index in [1.807, 2.05) is 6.07 Å². The molecule has 1 aliphatic carbocycles. The monoisotopic (exact) mass is 286 g/mol. The fourth-order valence-electron chi connectivity index (χ4n) is 3.06. The number of pyridine rings is 1. The lowest BCUT2D eigenvalue weighted by atomic mass is 9.98. The molecule has 2 aromatic rings. The van der Waals surface area contributed by atoms with Crippen molar-refractivity contribution in [1.82, 2.24) is 4.98 Å². The minimum atomic E-state index is -0.971. The number of nitrogens with one attached hydrogen (secondary N) is 1. The molecule has 0 unspecified atom stereocenters. The summed E-state index contributed by atoms with van der Waals surface area (Å²) >= 11 is 0. The summed E-state index contributed by atoms with van der Waals surface area (Å²) in [5.41, 5.74) is 0.505. The number of aromatic nitrogens is 1. The molecule has 0 amide bonds. The SMILES string of the molecule is O=C(O)c1cc(NC2(CO)CCCC2)nc2ccccc12. The summed E-state index contributed by atoms with van der Waals surface area (Å²) in [5.74, 6) is -0.455. The lowest BCUT2D eigenvalue weighted by Crippen LogP contribution is -2.39. The van der Waals surface area contributed by atoms with Crippen molar-refractivity contribution in [2.45, 2.75) is 31.2 Å². The van der Waals surface area contributed by atoms with Crippen LogP contribution in [0.4, 0.5) is 5.82 Å². The Labute approximate surface area is 122 Å². The maximum atomic E-state index is 11.4. The van der Waals surface area contributed by atoms with Crippen molar-refractivity contribution in [2.24, 2.45) is 0 Å². The Bertz CT molecular complexity index is 678. The number of hydrogen-bond acceptors (Lipinski definition) is 4. The molecule has 3 N–H and O–H groups in total. The van der Waals surface area contributed by atoms with Gasteiger partial charge in [0.1, 0.15) is 5.82 Å². The maximum Gasteiger partial charge on any atom is 0.336 e. The average molecular weight is 286 g/mol. The zero-order valence-electron chi connectivity index (χ0n) is 11.7. The normalized spacial score (nSPS) is 17.0. The number of fused-ring (bicyclic) bond motifs is 1. The smallest absolute Gasteiger partial charge is 0.336 e. The summed E-state index contributed by atoms with van der Waals surface area (Å²) < 4.78 is 0. The van der Waals surface area contributed by atoms with Gasteiger partial charge in [-0.3, -0.25) is 0 Å². The third-order valence-electron chi connectivity index (χ3n) is 4.20. The maximum absolute atomic E-state index is 11.4. The molecule has 1 aromatic carbocycles. The van der Waals surface area contributed by atoms with Crippen LogP contribution >= 0.6 is 0 Å². The Morgan fingerprint density at radius 1 is 1.29 bits per heavy atom. The van der Waals surface area contributed by atoms with Crippen LogP contribution in [0.15, 0.2) is 30.3 Å². The molecule has 1 aromatic heterocycles. The molecule has 0 aliphatic heterocycles. The fourth-order valence-corrected chi connectivity index (χ4v) is 3.06. The predicted molar refractivity (Wildman–Crippen MR) is 80.6 cm³/mol. The van der Waals surface area contributed by atoms with Crippen LogP contribution in [0.5, 0.6) is 0 Å². The number of carboxylic acid groups (broad SMARTS) is 1. The number of benzene rings is 1. The molecule has 3 rings (SSSR count). The van der Waals surface area contributed by atoms with Gasteiger partial charge in [0.05, 0.1) is 23.2 Å². The van der Waals surface area contributed by atoms with Gasteiger partial charge in [-0.1, -0.05) is 31.0 Å². The third-order valence-corrected chi connectivity index (χ3v) is 4.20. The molecular formula is C16H18N2O3.